The molecule has 0 N–H and O–H groups in total. The number of hydrogen-bond acceptors (Lipinski definition) is 3. The number of amides is 1. The lowest BCUT2D eigenvalue weighted by molar-refractivity contribution is -0.144. The van der Waals surface area contributed by atoms with Crippen molar-refractivity contribution in [2.75, 3.05) is 20.8 Å². The summed E-state index contributed by atoms with van der Waals surface area (Å²) in [6.07, 6.45) is -1.52. The van der Waals surface area contributed by atoms with E-state index in [0.717, 1.165) is 17.7 Å². The lowest BCUT2D eigenvalue weighted by Gasteiger charge is -2.30. The van der Waals surface area contributed by atoms with Crippen molar-refractivity contribution >= 4 is 5.91 Å². The molecule has 1 saturated carbocycles. The Morgan fingerprint density at radius 2 is 1.78 bits per heavy atom. The fourth-order valence-corrected chi connectivity index (χ4v) is 2.91. The summed E-state index contributed by atoms with van der Waals surface area (Å²) >= 11 is 0. The first kappa shape index (κ1) is 17.4. The van der Waals surface area contributed by atoms with Crippen molar-refractivity contribution < 1.29 is 27.4 Å². The van der Waals surface area contributed by atoms with Crippen molar-refractivity contribution in [2.24, 2.45) is 0 Å². The molecule has 1 aromatic rings. The van der Waals surface area contributed by atoms with E-state index in [1.54, 1.807) is 0 Å². The summed E-state index contributed by atoms with van der Waals surface area (Å²) < 4.78 is 48.8. The Kier molecular flexibility index (Phi) is 5.38. The van der Waals surface area contributed by atoms with E-state index in [4.69, 9.17) is 9.47 Å². The van der Waals surface area contributed by atoms with Gasteiger partial charge in [0.1, 0.15) is 6.54 Å². The number of ether oxygens (including phenoxy) is 2. The van der Waals surface area contributed by atoms with Gasteiger partial charge in [0.2, 0.25) is 0 Å². The molecule has 1 fully saturated rings. The van der Waals surface area contributed by atoms with Gasteiger partial charge in [0.25, 0.3) is 5.91 Å². The van der Waals surface area contributed by atoms with Crippen molar-refractivity contribution in [3.05, 3.63) is 23.8 Å². The molecule has 1 aromatic carbocycles. The molecule has 0 heterocycles. The SMILES string of the molecule is COc1ccc(C(=O)N(CC(F)(F)F)C2CCCC2)cc1OC. The van der Waals surface area contributed by atoms with Gasteiger partial charge in [0.15, 0.2) is 11.5 Å². The van der Waals surface area contributed by atoms with E-state index >= 15 is 0 Å². The monoisotopic (exact) mass is 331 g/mol. The number of carbonyl (C=O) groups is 1. The maximum Gasteiger partial charge on any atom is 0.406 e. The predicted octanol–water partition coefficient (Wildman–Crippen LogP) is 3.65. The van der Waals surface area contributed by atoms with E-state index in [2.05, 4.69) is 0 Å². The van der Waals surface area contributed by atoms with E-state index in [9.17, 15) is 18.0 Å². The molecule has 7 heteroatoms. The van der Waals surface area contributed by atoms with Crippen LogP contribution in [0.25, 0.3) is 0 Å². The van der Waals surface area contributed by atoms with E-state index in [-0.39, 0.29) is 11.6 Å². The topological polar surface area (TPSA) is 38.8 Å². The molecule has 0 radical (unpaired) electrons. The van der Waals surface area contributed by atoms with E-state index in [1.165, 1.54) is 32.4 Å². The number of alkyl halides is 3. The van der Waals surface area contributed by atoms with Gasteiger partial charge in [0.05, 0.1) is 14.2 Å². The molecule has 128 valence electrons. The number of benzene rings is 1. The lowest BCUT2D eigenvalue weighted by atomic mass is 10.1. The summed E-state index contributed by atoms with van der Waals surface area (Å²) in [4.78, 5) is 13.5. The minimum atomic E-state index is -4.42. The van der Waals surface area contributed by atoms with Crippen LogP contribution in [0.15, 0.2) is 18.2 Å². The highest BCUT2D eigenvalue weighted by atomic mass is 19.4. The third kappa shape index (κ3) is 4.30. The number of hydrogen-bond donors (Lipinski definition) is 0. The Balaban J connectivity index is 2.29. The number of nitrogens with zero attached hydrogens (tertiary/aromatic N) is 1. The Labute approximate surface area is 133 Å². The van der Waals surface area contributed by atoms with E-state index < -0.39 is 18.6 Å². The zero-order valence-corrected chi connectivity index (χ0v) is 13.2. The normalized spacial score (nSPS) is 15.5. The molecule has 0 saturated heterocycles. The molecule has 0 aromatic heterocycles. The maximum absolute atomic E-state index is 12.9. The first-order valence-corrected chi connectivity index (χ1v) is 7.45. The second-order valence-electron chi connectivity index (χ2n) is 5.56. The fourth-order valence-electron chi connectivity index (χ4n) is 2.91. The molecule has 0 atom stereocenters. The molecule has 1 aliphatic rings. The number of rotatable bonds is 5. The minimum absolute atomic E-state index is 0.166. The van der Waals surface area contributed by atoms with Crippen LogP contribution in [0.2, 0.25) is 0 Å². The highest BCUT2D eigenvalue weighted by molar-refractivity contribution is 5.95. The van der Waals surface area contributed by atoms with Gasteiger partial charge < -0.3 is 14.4 Å². The zero-order valence-electron chi connectivity index (χ0n) is 13.2. The van der Waals surface area contributed by atoms with Crippen LogP contribution in [0.4, 0.5) is 13.2 Å². The smallest absolute Gasteiger partial charge is 0.406 e. The van der Waals surface area contributed by atoms with Crippen LogP contribution in [-0.4, -0.2) is 43.8 Å². The summed E-state index contributed by atoms with van der Waals surface area (Å²) in [5.41, 5.74) is 0.166. The molecule has 23 heavy (non-hydrogen) atoms. The van der Waals surface area contributed by atoms with Gasteiger partial charge in [-0.1, -0.05) is 12.8 Å². The third-order valence-electron chi connectivity index (χ3n) is 4.01. The fraction of sp³-hybridized carbons (Fsp3) is 0.562. The van der Waals surface area contributed by atoms with Gasteiger partial charge in [0, 0.05) is 11.6 Å². The van der Waals surface area contributed by atoms with E-state index in [1.807, 2.05) is 0 Å². The van der Waals surface area contributed by atoms with Crippen LogP contribution in [0.5, 0.6) is 11.5 Å². The van der Waals surface area contributed by atoms with Crippen LogP contribution in [0.3, 0.4) is 0 Å². The van der Waals surface area contributed by atoms with Crippen molar-refractivity contribution in [3.63, 3.8) is 0 Å². The summed E-state index contributed by atoms with van der Waals surface area (Å²) in [6.45, 7) is -1.23. The molecule has 1 amide bonds. The summed E-state index contributed by atoms with van der Waals surface area (Å²) in [5, 5.41) is 0. The minimum Gasteiger partial charge on any atom is -0.493 e. The van der Waals surface area contributed by atoms with Gasteiger partial charge in [-0.05, 0) is 31.0 Å². The number of halogens is 3. The number of carbonyl (C=O) groups excluding carboxylic acids is 1. The summed E-state index contributed by atoms with van der Waals surface area (Å²) in [7, 11) is 2.87. The molecule has 0 spiro atoms. The quantitative estimate of drug-likeness (QED) is 0.827. The first-order valence-electron chi connectivity index (χ1n) is 7.45. The van der Waals surface area contributed by atoms with Crippen LogP contribution >= 0.6 is 0 Å². The molecule has 0 aliphatic heterocycles. The molecule has 4 nitrogen and oxygen atoms in total. The lowest BCUT2D eigenvalue weighted by Crippen LogP contribution is -2.44. The van der Waals surface area contributed by atoms with Crippen LogP contribution in [0, 0.1) is 0 Å². The summed E-state index contributed by atoms with van der Waals surface area (Å²) in [6, 6.07) is 4.03. The molecular formula is C16H20F3NO3. The van der Waals surface area contributed by atoms with Crippen LogP contribution in [0.1, 0.15) is 36.0 Å². The van der Waals surface area contributed by atoms with Gasteiger partial charge in [-0.15, -0.1) is 0 Å². The van der Waals surface area contributed by atoms with Crippen LogP contribution in [-0.2, 0) is 0 Å². The summed E-state index contributed by atoms with van der Waals surface area (Å²) in [5.74, 6) is 0.110. The maximum atomic E-state index is 12.9. The van der Waals surface area contributed by atoms with Gasteiger partial charge in [-0.3, -0.25) is 4.79 Å². The standard InChI is InChI=1S/C16H20F3NO3/c1-22-13-8-7-11(9-14(13)23-2)15(21)20(10-16(17,18)19)12-5-3-4-6-12/h7-9,12H,3-6,10H2,1-2H3. The van der Waals surface area contributed by atoms with Gasteiger partial charge >= 0.3 is 6.18 Å². The third-order valence-corrected chi connectivity index (χ3v) is 4.01. The Morgan fingerprint density at radius 1 is 1.17 bits per heavy atom. The van der Waals surface area contributed by atoms with Crippen molar-refractivity contribution in [1.29, 1.82) is 0 Å². The predicted molar refractivity (Wildman–Crippen MR) is 78.9 cm³/mol. The van der Waals surface area contributed by atoms with Crippen LogP contribution < -0.4 is 9.47 Å². The Hall–Kier alpha value is -1.92. The second kappa shape index (κ2) is 7.10. The molecular weight excluding hydrogens is 311 g/mol. The Bertz CT molecular complexity index is 554. The molecule has 2 rings (SSSR count). The highest BCUT2D eigenvalue weighted by Gasteiger charge is 2.37. The zero-order chi connectivity index (χ0) is 17.0. The first-order chi connectivity index (χ1) is 10.9. The molecule has 0 bridgehead atoms. The Morgan fingerprint density at radius 3 is 2.30 bits per heavy atom. The average Bonchev–Trinajstić information content (AvgIpc) is 3.04. The van der Waals surface area contributed by atoms with Crippen molar-refractivity contribution in [1.82, 2.24) is 4.90 Å². The molecule has 0 unspecified atom stereocenters. The van der Waals surface area contributed by atoms with Crippen molar-refractivity contribution in [3.8, 4) is 11.5 Å². The largest absolute Gasteiger partial charge is 0.493 e. The van der Waals surface area contributed by atoms with Gasteiger partial charge in [-0.2, -0.15) is 13.2 Å². The second-order valence-corrected chi connectivity index (χ2v) is 5.56. The van der Waals surface area contributed by atoms with Gasteiger partial charge in [-0.25, -0.2) is 0 Å². The van der Waals surface area contributed by atoms with Crippen molar-refractivity contribution in [2.45, 2.75) is 37.9 Å². The molecule has 1 aliphatic carbocycles. The number of methoxy groups -OCH3 is 2. The highest BCUT2D eigenvalue weighted by Crippen LogP contribution is 2.31. The average molecular weight is 331 g/mol. The van der Waals surface area contributed by atoms with E-state index in [0.29, 0.717) is 24.3 Å².